The van der Waals surface area contributed by atoms with Crippen LogP contribution in [0, 0.1) is 13.8 Å². The van der Waals surface area contributed by atoms with Crippen molar-refractivity contribution < 1.29 is 4.79 Å². The van der Waals surface area contributed by atoms with Crippen LogP contribution in [0.15, 0.2) is 36.5 Å². The number of amides is 1. The van der Waals surface area contributed by atoms with Gasteiger partial charge in [0.05, 0.1) is 11.9 Å². The molecule has 0 unspecified atom stereocenters. The molecule has 25 heavy (non-hydrogen) atoms. The first-order chi connectivity index (χ1) is 11.1. The second kappa shape index (κ2) is 8.92. The number of hydrogen-bond donors (Lipinski definition) is 1. The van der Waals surface area contributed by atoms with Gasteiger partial charge in [0, 0.05) is 31.9 Å². The van der Waals surface area contributed by atoms with E-state index >= 15 is 0 Å². The third-order valence-electron chi connectivity index (χ3n) is 4.49. The Kier molecular flexibility index (Phi) is 7.52. The summed E-state index contributed by atoms with van der Waals surface area (Å²) in [4.78, 5) is 20.8. The van der Waals surface area contributed by atoms with Crippen LogP contribution in [0.25, 0.3) is 0 Å². The average molecular weight is 383 g/mol. The molecule has 1 aliphatic heterocycles. The topological polar surface area (TPSA) is 62.5 Å². The summed E-state index contributed by atoms with van der Waals surface area (Å²) >= 11 is 0. The second-order valence-electron chi connectivity index (χ2n) is 5.98. The second-order valence-corrected chi connectivity index (χ2v) is 5.98. The average Bonchev–Trinajstić information content (AvgIpc) is 2.58. The van der Waals surface area contributed by atoms with Gasteiger partial charge in [-0.05, 0) is 43.2 Å². The normalized spacial score (nSPS) is 13.7. The largest absolute Gasteiger partial charge is 0.397 e. The SMILES string of the molecule is Cc1cccc(N2CCN(C(=O)c3ccc(N)cn3)CC2)c1C.Cl.Cl. The fraction of sp³-hybridized carbons (Fsp3) is 0.333. The number of piperazine rings is 1. The summed E-state index contributed by atoms with van der Waals surface area (Å²) in [5, 5.41) is 0. The van der Waals surface area contributed by atoms with E-state index in [1.54, 1.807) is 12.1 Å². The molecule has 3 rings (SSSR count). The molecule has 1 aliphatic rings. The van der Waals surface area contributed by atoms with Crippen LogP contribution >= 0.6 is 24.8 Å². The number of benzene rings is 1. The number of rotatable bonds is 2. The summed E-state index contributed by atoms with van der Waals surface area (Å²) in [6.07, 6.45) is 1.53. The Morgan fingerprint density at radius 3 is 2.32 bits per heavy atom. The van der Waals surface area contributed by atoms with Gasteiger partial charge in [-0.2, -0.15) is 0 Å². The molecule has 1 aromatic carbocycles. The minimum atomic E-state index is -0.0226. The molecule has 7 heteroatoms. The van der Waals surface area contributed by atoms with Gasteiger partial charge in [-0.15, -0.1) is 24.8 Å². The molecule has 5 nitrogen and oxygen atoms in total. The Bertz CT molecular complexity index is 714. The van der Waals surface area contributed by atoms with Crippen LogP contribution in [0.1, 0.15) is 21.6 Å². The monoisotopic (exact) mass is 382 g/mol. The van der Waals surface area contributed by atoms with Gasteiger partial charge in [-0.25, -0.2) is 4.98 Å². The van der Waals surface area contributed by atoms with Gasteiger partial charge in [-0.1, -0.05) is 12.1 Å². The van der Waals surface area contributed by atoms with Crippen LogP contribution in [-0.2, 0) is 0 Å². The highest BCUT2D eigenvalue weighted by Gasteiger charge is 2.23. The van der Waals surface area contributed by atoms with Crippen LogP contribution < -0.4 is 10.6 Å². The molecule has 2 heterocycles. The number of nitrogens with two attached hydrogens (primary N) is 1. The van der Waals surface area contributed by atoms with Gasteiger partial charge in [0.25, 0.3) is 5.91 Å². The van der Waals surface area contributed by atoms with E-state index in [1.807, 2.05) is 4.90 Å². The summed E-state index contributed by atoms with van der Waals surface area (Å²) < 4.78 is 0. The molecule has 1 amide bonds. The van der Waals surface area contributed by atoms with Crippen molar-refractivity contribution in [1.29, 1.82) is 0 Å². The highest BCUT2D eigenvalue weighted by molar-refractivity contribution is 5.92. The van der Waals surface area contributed by atoms with E-state index in [4.69, 9.17) is 5.73 Å². The maximum absolute atomic E-state index is 12.5. The maximum atomic E-state index is 12.5. The molecule has 0 radical (unpaired) electrons. The molecule has 1 saturated heterocycles. The zero-order valence-electron chi connectivity index (χ0n) is 14.4. The predicted octanol–water partition coefficient (Wildman–Crippen LogP) is 3.09. The molecule has 0 spiro atoms. The van der Waals surface area contributed by atoms with E-state index in [2.05, 4.69) is 41.9 Å². The van der Waals surface area contributed by atoms with Crippen molar-refractivity contribution in [3.05, 3.63) is 53.3 Å². The molecule has 2 N–H and O–H groups in total. The number of hydrogen-bond acceptors (Lipinski definition) is 4. The Labute approximate surface area is 161 Å². The minimum absolute atomic E-state index is 0. The number of nitrogen functional groups attached to an aromatic ring is 1. The molecule has 1 aromatic heterocycles. The van der Waals surface area contributed by atoms with Gasteiger partial charge < -0.3 is 15.5 Å². The third kappa shape index (κ3) is 4.55. The molecular formula is C18H24Cl2N4O. The van der Waals surface area contributed by atoms with Crippen molar-refractivity contribution in [2.75, 3.05) is 36.8 Å². The first-order valence-electron chi connectivity index (χ1n) is 7.88. The lowest BCUT2D eigenvalue weighted by Gasteiger charge is -2.37. The minimum Gasteiger partial charge on any atom is -0.397 e. The Morgan fingerprint density at radius 1 is 1.04 bits per heavy atom. The number of halogens is 2. The summed E-state index contributed by atoms with van der Waals surface area (Å²) in [6, 6.07) is 9.78. The number of carbonyl (C=O) groups excluding carboxylic acids is 1. The van der Waals surface area contributed by atoms with Gasteiger partial charge in [0.15, 0.2) is 0 Å². The van der Waals surface area contributed by atoms with Crippen LogP contribution in [0.5, 0.6) is 0 Å². The molecule has 0 aliphatic carbocycles. The molecule has 1 fully saturated rings. The number of nitrogens with zero attached hydrogens (tertiary/aromatic N) is 3. The first-order valence-corrected chi connectivity index (χ1v) is 7.88. The predicted molar refractivity (Wildman–Crippen MR) is 107 cm³/mol. The van der Waals surface area contributed by atoms with Crippen LogP contribution in [-0.4, -0.2) is 42.0 Å². The zero-order chi connectivity index (χ0) is 16.4. The lowest BCUT2D eigenvalue weighted by molar-refractivity contribution is 0.0741. The van der Waals surface area contributed by atoms with Crippen molar-refractivity contribution in [3.63, 3.8) is 0 Å². The third-order valence-corrected chi connectivity index (χ3v) is 4.49. The van der Waals surface area contributed by atoms with Crippen molar-refractivity contribution >= 4 is 42.1 Å². The Morgan fingerprint density at radius 2 is 1.72 bits per heavy atom. The summed E-state index contributed by atoms with van der Waals surface area (Å²) in [6.45, 7) is 7.37. The fourth-order valence-corrected chi connectivity index (χ4v) is 2.92. The first kappa shape index (κ1) is 21.1. The summed E-state index contributed by atoms with van der Waals surface area (Å²) in [5.41, 5.74) is 10.5. The summed E-state index contributed by atoms with van der Waals surface area (Å²) in [7, 11) is 0. The Balaban J connectivity index is 0.00000156. The van der Waals surface area contributed by atoms with E-state index in [0.717, 1.165) is 13.1 Å². The van der Waals surface area contributed by atoms with Crippen LogP contribution in [0.2, 0.25) is 0 Å². The highest BCUT2D eigenvalue weighted by atomic mass is 35.5. The van der Waals surface area contributed by atoms with E-state index in [0.29, 0.717) is 24.5 Å². The quantitative estimate of drug-likeness (QED) is 0.866. The van der Waals surface area contributed by atoms with Crippen molar-refractivity contribution in [2.24, 2.45) is 0 Å². The number of pyridine rings is 1. The Hall–Kier alpha value is -1.98. The zero-order valence-corrected chi connectivity index (χ0v) is 16.1. The lowest BCUT2D eigenvalue weighted by atomic mass is 10.1. The van der Waals surface area contributed by atoms with E-state index in [-0.39, 0.29) is 30.7 Å². The molecular weight excluding hydrogens is 359 g/mol. The van der Waals surface area contributed by atoms with Crippen LogP contribution in [0.3, 0.4) is 0 Å². The van der Waals surface area contributed by atoms with Crippen molar-refractivity contribution in [3.8, 4) is 0 Å². The highest BCUT2D eigenvalue weighted by Crippen LogP contribution is 2.24. The molecule has 0 saturated carbocycles. The van der Waals surface area contributed by atoms with Crippen LogP contribution in [0.4, 0.5) is 11.4 Å². The van der Waals surface area contributed by atoms with E-state index in [9.17, 15) is 4.79 Å². The van der Waals surface area contributed by atoms with Crippen molar-refractivity contribution in [2.45, 2.75) is 13.8 Å². The molecule has 0 bridgehead atoms. The summed E-state index contributed by atoms with van der Waals surface area (Å²) in [5.74, 6) is -0.0226. The number of aryl methyl sites for hydroxylation is 1. The molecule has 2 aromatic rings. The number of anilines is 2. The van der Waals surface area contributed by atoms with E-state index in [1.165, 1.54) is 23.0 Å². The van der Waals surface area contributed by atoms with Crippen molar-refractivity contribution in [1.82, 2.24) is 9.88 Å². The van der Waals surface area contributed by atoms with Gasteiger partial charge in [-0.3, -0.25) is 4.79 Å². The standard InChI is InChI=1S/C18H22N4O.2ClH/c1-13-4-3-5-17(14(13)2)21-8-10-22(11-9-21)18(23)16-7-6-15(19)12-20-16;;/h3-7,12H,8-11,19H2,1-2H3;2*1H. The number of carbonyl (C=O) groups is 1. The van der Waals surface area contributed by atoms with Gasteiger partial charge in [0.2, 0.25) is 0 Å². The maximum Gasteiger partial charge on any atom is 0.272 e. The fourth-order valence-electron chi connectivity index (χ4n) is 2.92. The van der Waals surface area contributed by atoms with E-state index < -0.39 is 0 Å². The molecule has 136 valence electrons. The molecule has 0 atom stereocenters. The lowest BCUT2D eigenvalue weighted by Crippen LogP contribution is -2.49. The van der Waals surface area contributed by atoms with Gasteiger partial charge >= 0.3 is 0 Å². The number of aromatic nitrogens is 1. The smallest absolute Gasteiger partial charge is 0.272 e. The van der Waals surface area contributed by atoms with Gasteiger partial charge in [0.1, 0.15) is 5.69 Å².